The Hall–Kier alpha value is 0.160. The Bertz CT molecular complexity index is 397. The van der Waals surface area contributed by atoms with Gasteiger partial charge in [-0.25, -0.2) is 13.3 Å². The summed E-state index contributed by atoms with van der Waals surface area (Å²) in [6.45, 7) is 13.6. The third-order valence-electron chi connectivity index (χ3n) is 3.33. The number of halogens is 1. The fourth-order valence-electron chi connectivity index (χ4n) is 1.47. The first-order valence-electron chi connectivity index (χ1n) is 6.97. The fourth-order valence-corrected chi connectivity index (χ4v) is 3.29. The lowest BCUT2D eigenvalue weighted by Crippen LogP contribution is -2.40. The molecule has 0 fully saturated rings. The summed E-state index contributed by atoms with van der Waals surface area (Å²) in [4.78, 5) is 2.61. The summed E-state index contributed by atoms with van der Waals surface area (Å²) >= 11 is 5.61. The third kappa shape index (κ3) is 7.25. The van der Waals surface area contributed by atoms with E-state index < -0.39 is 20.1 Å². The smallest absolute Gasteiger partial charge is 0.155 e. The molecule has 0 atom stereocenters. The minimum atomic E-state index is -3.20. The van der Waals surface area contributed by atoms with Crippen LogP contribution in [0.1, 0.15) is 61.3 Å². The van der Waals surface area contributed by atoms with Gasteiger partial charge in [0.05, 0.1) is 16.1 Å². The molecule has 6 heteroatoms. The molecule has 4 nitrogen and oxygen atoms in total. The van der Waals surface area contributed by atoms with Crippen LogP contribution in [0.5, 0.6) is 0 Å². The predicted octanol–water partition coefficient (Wildman–Crippen LogP) is 3.30. The molecule has 0 rings (SSSR count). The van der Waals surface area contributed by atoms with E-state index in [2.05, 4.69) is 4.84 Å². The highest BCUT2D eigenvalue weighted by Gasteiger charge is 2.35. The highest BCUT2D eigenvalue weighted by molar-refractivity contribution is 7.92. The Balaban J connectivity index is 4.58. The van der Waals surface area contributed by atoms with Gasteiger partial charge in [0, 0.05) is 12.1 Å². The highest BCUT2D eigenvalue weighted by atomic mass is 35.5. The zero-order valence-corrected chi connectivity index (χ0v) is 15.4. The average molecular weight is 328 g/mol. The quantitative estimate of drug-likeness (QED) is 0.695. The van der Waals surface area contributed by atoms with Gasteiger partial charge < -0.3 is 4.74 Å². The summed E-state index contributed by atoms with van der Waals surface area (Å²) in [6, 6.07) is 0. The van der Waals surface area contributed by atoms with Gasteiger partial charge in [-0.05, 0) is 73.1 Å². The van der Waals surface area contributed by atoms with Crippen LogP contribution in [-0.2, 0) is 14.6 Å². The van der Waals surface area contributed by atoms with Crippen molar-refractivity contribution < 1.29 is 13.2 Å². The first-order chi connectivity index (χ1) is 8.72. The van der Waals surface area contributed by atoms with Crippen LogP contribution in [0.25, 0.3) is 0 Å². The first-order valence-corrected chi connectivity index (χ1v) is 9.00. The molecule has 0 saturated carbocycles. The average Bonchev–Trinajstić information content (AvgIpc) is 2.24. The second-order valence-corrected chi connectivity index (χ2v) is 10.4. The van der Waals surface area contributed by atoms with Crippen molar-refractivity contribution in [2.24, 2.45) is 0 Å². The topological polar surface area (TPSA) is 55.4 Å². The van der Waals surface area contributed by atoms with Gasteiger partial charge in [0.2, 0.25) is 0 Å². The van der Waals surface area contributed by atoms with Crippen molar-refractivity contribution in [1.82, 2.24) is 4.84 Å². The molecule has 20 heavy (non-hydrogen) atoms. The minimum Gasteiger partial charge on any atom is -0.376 e. The zero-order chi connectivity index (χ0) is 16.2. The highest BCUT2D eigenvalue weighted by Crippen LogP contribution is 2.25. The summed E-state index contributed by atoms with van der Waals surface area (Å²) < 4.78 is 29.7. The van der Waals surface area contributed by atoms with Crippen molar-refractivity contribution >= 4 is 21.6 Å². The van der Waals surface area contributed by atoms with Crippen molar-refractivity contribution in [3.63, 3.8) is 0 Å². The molecule has 0 spiro atoms. The Kier molecular flexibility index (Phi) is 7.00. The van der Waals surface area contributed by atoms with Crippen molar-refractivity contribution in [1.29, 1.82) is 0 Å². The summed E-state index contributed by atoms with van der Waals surface area (Å²) in [6.07, 6.45) is 0.962. The molecule has 0 radical (unpaired) electrons. The number of ether oxygens (including phenoxy) is 1. The Morgan fingerprint density at radius 3 is 1.90 bits per heavy atom. The van der Waals surface area contributed by atoms with E-state index in [1.54, 1.807) is 13.8 Å². The van der Waals surface area contributed by atoms with E-state index in [0.29, 0.717) is 19.4 Å². The molecule has 0 aliphatic heterocycles. The maximum absolute atomic E-state index is 12.4. The number of hydrogen-bond donors (Lipinski definition) is 1. The molecule has 0 unspecified atom stereocenters. The Morgan fingerprint density at radius 2 is 1.50 bits per heavy atom. The molecule has 0 aliphatic rings. The van der Waals surface area contributed by atoms with Crippen LogP contribution in [0.3, 0.4) is 0 Å². The van der Waals surface area contributed by atoms with Gasteiger partial charge in [0.15, 0.2) is 9.84 Å². The maximum Gasteiger partial charge on any atom is 0.155 e. The van der Waals surface area contributed by atoms with Crippen molar-refractivity contribution in [3.8, 4) is 0 Å². The molecular weight excluding hydrogens is 298 g/mol. The number of nitrogens with one attached hydrogen (secondary N) is 1. The van der Waals surface area contributed by atoms with Crippen LogP contribution >= 0.6 is 11.8 Å². The van der Waals surface area contributed by atoms with Gasteiger partial charge in [0.1, 0.15) is 0 Å². The summed E-state index contributed by atoms with van der Waals surface area (Å²) in [5.41, 5.74) is -0.642. The normalized spacial score (nSPS) is 14.6. The van der Waals surface area contributed by atoms with Gasteiger partial charge in [-0.3, -0.25) is 0 Å². The molecule has 1 N–H and O–H groups in total. The van der Waals surface area contributed by atoms with Gasteiger partial charge in [-0.15, -0.1) is 0 Å². The van der Waals surface area contributed by atoms with E-state index in [1.165, 1.54) is 0 Å². The number of sulfone groups is 1. The summed E-state index contributed by atoms with van der Waals surface area (Å²) in [5.74, 6) is 0.113. The molecule has 0 heterocycles. The van der Waals surface area contributed by atoms with E-state index in [1.807, 2.05) is 34.6 Å². The summed E-state index contributed by atoms with van der Waals surface area (Å²) in [5, 5.41) is 0. The van der Waals surface area contributed by atoms with Gasteiger partial charge in [-0.2, -0.15) is 0 Å². The van der Waals surface area contributed by atoms with Gasteiger partial charge in [-0.1, -0.05) is 0 Å². The molecule has 0 saturated heterocycles. The van der Waals surface area contributed by atoms with E-state index in [0.717, 1.165) is 0 Å². The van der Waals surface area contributed by atoms with E-state index >= 15 is 0 Å². The minimum absolute atomic E-state index is 0.113. The fraction of sp³-hybridized carbons (Fsp3) is 1.00. The van der Waals surface area contributed by atoms with Crippen LogP contribution in [0, 0.1) is 0 Å². The molecule has 0 aromatic heterocycles. The van der Waals surface area contributed by atoms with Crippen LogP contribution in [-0.4, -0.2) is 36.7 Å². The molecule has 0 aromatic carbocycles. The molecule has 0 aromatic rings. The molecule has 122 valence electrons. The second-order valence-electron chi connectivity index (χ2n) is 7.52. The van der Waals surface area contributed by atoms with E-state index in [4.69, 9.17) is 16.5 Å². The van der Waals surface area contributed by atoms with Crippen molar-refractivity contribution in [2.75, 3.05) is 12.4 Å². The Labute approximate surface area is 129 Å². The zero-order valence-electron chi connectivity index (χ0n) is 13.8. The Morgan fingerprint density at radius 1 is 1.00 bits per heavy atom. The maximum atomic E-state index is 12.4. The predicted molar refractivity (Wildman–Crippen MR) is 85.9 cm³/mol. The van der Waals surface area contributed by atoms with Gasteiger partial charge in [0.25, 0.3) is 0 Å². The van der Waals surface area contributed by atoms with Crippen molar-refractivity contribution in [3.05, 3.63) is 0 Å². The van der Waals surface area contributed by atoms with Crippen LogP contribution < -0.4 is 4.84 Å². The van der Waals surface area contributed by atoms with Gasteiger partial charge >= 0.3 is 0 Å². The third-order valence-corrected chi connectivity index (χ3v) is 6.47. The van der Waals surface area contributed by atoms with E-state index in [9.17, 15) is 8.42 Å². The largest absolute Gasteiger partial charge is 0.376 e. The lowest BCUT2D eigenvalue weighted by Gasteiger charge is -2.29. The molecular formula is C14H30ClNO3S. The summed E-state index contributed by atoms with van der Waals surface area (Å²) in [7, 11) is -3.20. The molecule has 0 amide bonds. The lowest BCUT2D eigenvalue weighted by atomic mass is 10.0. The van der Waals surface area contributed by atoms with E-state index in [-0.39, 0.29) is 11.4 Å². The van der Waals surface area contributed by atoms with Crippen LogP contribution in [0.4, 0.5) is 0 Å². The molecule has 0 aliphatic carbocycles. The molecule has 0 bridgehead atoms. The second kappa shape index (κ2) is 6.95. The van der Waals surface area contributed by atoms with Crippen LogP contribution in [0.2, 0.25) is 0 Å². The SMILES string of the molecule is CC(C)(CCS(=O)(=O)C(C)(C)CCOC(C)(C)C)NCl. The number of rotatable bonds is 8. The van der Waals surface area contributed by atoms with Crippen molar-refractivity contribution in [2.45, 2.75) is 77.2 Å². The van der Waals surface area contributed by atoms with Crippen LogP contribution in [0.15, 0.2) is 0 Å². The number of hydrogen-bond acceptors (Lipinski definition) is 4. The monoisotopic (exact) mass is 327 g/mol. The standard InChI is InChI=1S/C14H30ClNO3S/c1-12(2,3)19-10-8-14(6,7)20(17,18)11-9-13(4,5)16-15/h16H,8-11H2,1-7H3. The first kappa shape index (κ1) is 20.2. The lowest BCUT2D eigenvalue weighted by molar-refractivity contribution is -0.00658.